The van der Waals surface area contributed by atoms with Gasteiger partial charge in [-0.3, -0.25) is 4.79 Å². The largest absolute Gasteiger partial charge is 0.461 e. The molecule has 0 saturated carbocycles. The number of hydrogen-bond acceptors (Lipinski definition) is 4. The van der Waals surface area contributed by atoms with Gasteiger partial charge in [0.15, 0.2) is 0 Å². The topological polar surface area (TPSA) is 78.3 Å². The third-order valence-electron chi connectivity index (χ3n) is 2.78. The van der Waals surface area contributed by atoms with Crippen molar-refractivity contribution in [3.05, 3.63) is 0 Å². The smallest absolute Gasteiger partial charge is 0.323 e. The molecule has 1 unspecified atom stereocenters. The van der Waals surface area contributed by atoms with Crippen LogP contribution in [0.3, 0.4) is 0 Å². The van der Waals surface area contributed by atoms with E-state index >= 15 is 0 Å². The molecular formula is C12H26N2O2. The number of ether oxygens (including phenoxy) is 1. The molecule has 0 aromatic carbocycles. The van der Waals surface area contributed by atoms with Crippen LogP contribution in [0, 0.1) is 5.41 Å². The maximum atomic E-state index is 11.6. The third kappa shape index (κ3) is 6.08. The highest BCUT2D eigenvalue weighted by Crippen LogP contribution is 2.22. The van der Waals surface area contributed by atoms with Crippen LogP contribution in [0.2, 0.25) is 0 Å². The van der Waals surface area contributed by atoms with Gasteiger partial charge in [-0.15, -0.1) is 0 Å². The lowest BCUT2D eigenvalue weighted by Gasteiger charge is -2.28. The highest BCUT2D eigenvalue weighted by atomic mass is 16.5. The minimum absolute atomic E-state index is 0.0490. The summed E-state index contributed by atoms with van der Waals surface area (Å²) in [4.78, 5) is 11.6. The normalized spacial score (nSPS) is 15.6. The predicted octanol–water partition coefficient (Wildman–Crippen LogP) is 1.42. The molecule has 0 amide bonds. The highest BCUT2D eigenvalue weighted by Gasteiger charge is 2.25. The summed E-state index contributed by atoms with van der Waals surface area (Å²) in [7, 11) is 0. The second-order valence-electron chi connectivity index (χ2n) is 5.34. The first-order chi connectivity index (χ1) is 7.29. The standard InChI is InChI=1S/C12H26N2O2/c1-9(12(2,3)4)16-11(15)10(14)7-5-6-8-13/h9-10H,5-8,13-14H2,1-4H3/t9?,10-/m0/s1. The highest BCUT2D eigenvalue weighted by molar-refractivity contribution is 5.75. The molecule has 16 heavy (non-hydrogen) atoms. The Kier molecular flexibility index (Phi) is 6.60. The quantitative estimate of drug-likeness (QED) is 0.534. The molecule has 4 N–H and O–H groups in total. The zero-order valence-electron chi connectivity index (χ0n) is 11.0. The van der Waals surface area contributed by atoms with Crippen molar-refractivity contribution in [3.63, 3.8) is 0 Å². The van der Waals surface area contributed by atoms with Gasteiger partial charge >= 0.3 is 5.97 Å². The van der Waals surface area contributed by atoms with E-state index in [0.717, 1.165) is 12.8 Å². The first kappa shape index (κ1) is 15.4. The molecule has 0 aromatic rings. The molecule has 0 radical (unpaired) electrons. The first-order valence-electron chi connectivity index (χ1n) is 5.95. The Morgan fingerprint density at radius 2 is 1.88 bits per heavy atom. The summed E-state index contributed by atoms with van der Waals surface area (Å²) in [6.45, 7) is 8.63. The van der Waals surface area contributed by atoms with E-state index in [1.165, 1.54) is 0 Å². The number of rotatable bonds is 6. The van der Waals surface area contributed by atoms with Gasteiger partial charge in [-0.05, 0) is 31.7 Å². The van der Waals surface area contributed by atoms with Crippen molar-refractivity contribution in [3.8, 4) is 0 Å². The predicted molar refractivity (Wildman–Crippen MR) is 65.9 cm³/mol. The number of hydrogen-bond donors (Lipinski definition) is 2. The molecule has 0 aromatic heterocycles. The summed E-state index contributed by atoms with van der Waals surface area (Å²) in [5.74, 6) is -0.306. The summed E-state index contributed by atoms with van der Waals surface area (Å²) in [6, 6.07) is -0.517. The van der Waals surface area contributed by atoms with Gasteiger partial charge in [0.25, 0.3) is 0 Å². The summed E-state index contributed by atoms with van der Waals surface area (Å²) in [5.41, 5.74) is 11.1. The van der Waals surface area contributed by atoms with Gasteiger partial charge in [-0.1, -0.05) is 27.2 Å². The fraction of sp³-hybridized carbons (Fsp3) is 0.917. The maximum absolute atomic E-state index is 11.6. The number of esters is 1. The Labute approximate surface area is 98.7 Å². The van der Waals surface area contributed by atoms with Gasteiger partial charge in [-0.25, -0.2) is 0 Å². The summed E-state index contributed by atoms with van der Waals surface area (Å²) >= 11 is 0. The Balaban J connectivity index is 3.96. The van der Waals surface area contributed by atoms with E-state index in [9.17, 15) is 4.79 Å². The molecule has 4 heteroatoms. The van der Waals surface area contributed by atoms with Gasteiger partial charge in [0, 0.05) is 0 Å². The first-order valence-corrected chi connectivity index (χ1v) is 5.95. The van der Waals surface area contributed by atoms with E-state index in [2.05, 4.69) is 0 Å². The van der Waals surface area contributed by atoms with Crippen LogP contribution >= 0.6 is 0 Å². The number of nitrogens with two attached hydrogens (primary N) is 2. The fourth-order valence-electron chi connectivity index (χ4n) is 1.06. The lowest BCUT2D eigenvalue weighted by atomic mass is 9.90. The molecule has 4 nitrogen and oxygen atoms in total. The molecule has 0 fully saturated rings. The number of carbonyl (C=O) groups is 1. The van der Waals surface area contributed by atoms with Crippen LogP contribution in [0.25, 0.3) is 0 Å². The van der Waals surface area contributed by atoms with Crippen LogP contribution in [0.15, 0.2) is 0 Å². The van der Waals surface area contributed by atoms with Crippen LogP contribution < -0.4 is 11.5 Å². The zero-order chi connectivity index (χ0) is 12.8. The van der Waals surface area contributed by atoms with Crippen molar-refractivity contribution >= 4 is 5.97 Å². The zero-order valence-corrected chi connectivity index (χ0v) is 11.0. The molecule has 0 saturated heterocycles. The van der Waals surface area contributed by atoms with Crippen molar-refractivity contribution < 1.29 is 9.53 Å². The lowest BCUT2D eigenvalue weighted by molar-refractivity contribution is -0.155. The summed E-state index contributed by atoms with van der Waals surface area (Å²) in [6.07, 6.45) is 2.29. The second kappa shape index (κ2) is 6.86. The monoisotopic (exact) mass is 230 g/mol. The Hall–Kier alpha value is -0.610. The molecule has 0 aliphatic carbocycles. The molecule has 0 heterocycles. The Morgan fingerprint density at radius 3 is 2.31 bits per heavy atom. The van der Waals surface area contributed by atoms with Gasteiger partial charge in [-0.2, -0.15) is 0 Å². The molecule has 0 aliphatic rings. The molecular weight excluding hydrogens is 204 g/mol. The van der Waals surface area contributed by atoms with E-state index in [-0.39, 0.29) is 17.5 Å². The fourth-order valence-corrected chi connectivity index (χ4v) is 1.06. The SMILES string of the molecule is CC(OC(=O)[C@@H](N)CCCCN)C(C)(C)C. The van der Waals surface area contributed by atoms with Crippen molar-refractivity contribution in [1.29, 1.82) is 0 Å². The van der Waals surface area contributed by atoms with Crippen LogP contribution in [-0.4, -0.2) is 24.7 Å². The van der Waals surface area contributed by atoms with E-state index < -0.39 is 6.04 Å². The van der Waals surface area contributed by atoms with Gasteiger partial charge in [0.1, 0.15) is 12.1 Å². The average Bonchev–Trinajstić information content (AvgIpc) is 2.16. The molecule has 0 spiro atoms. The van der Waals surface area contributed by atoms with E-state index in [0.29, 0.717) is 13.0 Å². The molecule has 0 bridgehead atoms. The van der Waals surface area contributed by atoms with Crippen molar-refractivity contribution in [2.24, 2.45) is 16.9 Å². The lowest BCUT2D eigenvalue weighted by Crippen LogP contribution is -2.38. The third-order valence-corrected chi connectivity index (χ3v) is 2.78. The van der Waals surface area contributed by atoms with E-state index in [4.69, 9.17) is 16.2 Å². The van der Waals surface area contributed by atoms with E-state index in [1.807, 2.05) is 27.7 Å². The molecule has 0 aliphatic heterocycles. The molecule has 2 atom stereocenters. The van der Waals surface area contributed by atoms with Gasteiger partial charge in [0.05, 0.1) is 0 Å². The number of carbonyl (C=O) groups excluding carboxylic acids is 1. The van der Waals surface area contributed by atoms with Gasteiger partial charge in [0.2, 0.25) is 0 Å². The summed E-state index contributed by atoms with van der Waals surface area (Å²) in [5, 5.41) is 0. The van der Waals surface area contributed by atoms with Crippen LogP contribution in [-0.2, 0) is 9.53 Å². The van der Waals surface area contributed by atoms with Crippen LogP contribution in [0.1, 0.15) is 47.0 Å². The second-order valence-corrected chi connectivity index (χ2v) is 5.34. The molecule has 0 rings (SSSR count). The van der Waals surface area contributed by atoms with Crippen molar-refractivity contribution in [1.82, 2.24) is 0 Å². The van der Waals surface area contributed by atoms with Crippen molar-refractivity contribution in [2.45, 2.75) is 59.1 Å². The average molecular weight is 230 g/mol. The van der Waals surface area contributed by atoms with Crippen LogP contribution in [0.5, 0.6) is 0 Å². The van der Waals surface area contributed by atoms with E-state index in [1.54, 1.807) is 0 Å². The van der Waals surface area contributed by atoms with Gasteiger partial charge < -0.3 is 16.2 Å². The maximum Gasteiger partial charge on any atom is 0.323 e. The minimum Gasteiger partial charge on any atom is -0.461 e. The minimum atomic E-state index is -0.517. The number of unbranched alkanes of at least 4 members (excludes halogenated alkanes) is 1. The van der Waals surface area contributed by atoms with Crippen molar-refractivity contribution in [2.75, 3.05) is 6.54 Å². The summed E-state index contributed by atoms with van der Waals surface area (Å²) < 4.78 is 5.31. The molecule has 96 valence electrons. The Bertz CT molecular complexity index is 212. The Morgan fingerprint density at radius 1 is 1.31 bits per heavy atom. The van der Waals surface area contributed by atoms with Crippen LogP contribution in [0.4, 0.5) is 0 Å².